The Balaban J connectivity index is 3.29. The van der Waals surface area contributed by atoms with Crippen LogP contribution in [0.1, 0.15) is 19.4 Å². The minimum absolute atomic E-state index is 0.0376. The number of methoxy groups -OCH3 is 1. The van der Waals surface area contributed by atoms with Crippen LogP contribution in [0.5, 0.6) is 5.75 Å². The first-order chi connectivity index (χ1) is 8.76. The van der Waals surface area contributed by atoms with Crippen LogP contribution < -0.4 is 9.46 Å². The first kappa shape index (κ1) is 15.5. The number of carboxylic acids is 1. The molecule has 7 heteroatoms. The molecule has 0 heterocycles. The summed E-state index contributed by atoms with van der Waals surface area (Å²) < 4.78 is 31.6. The van der Waals surface area contributed by atoms with Gasteiger partial charge in [-0.15, -0.1) is 0 Å². The van der Waals surface area contributed by atoms with E-state index in [2.05, 4.69) is 4.72 Å². The summed E-state index contributed by atoms with van der Waals surface area (Å²) in [7, 11) is -2.30. The Morgan fingerprint density at radius 1 is 1.42 bits per heavy atom. The third-order valence-electron chi connectivity index (χ3n) is 2.29. The van der Waals surface area contributed by atoms with E-state index in [9.17, 15) is 13.2 Å². The molecule has 2 N–H and O–H groups in total. The lowest BCUT2D eigenvalue weighted by atomic mass is 10.1. The average molecular weight is 287 g/mol. The molecule has 0 bridgehead atoms. The molecule has 106 valence electrons. The maximum absolute atomic E-state index is 12.1. The monoisotopic (exact) mass is 287 g/mol. The van der Waals surface area contributed by atoms with Crippen molar-refractivity contribution in [1.82, 2.24) is 4.72 Å². The maximum Gasteiger partial charge on any atom is 0.307 e. The number of ether oxygens (including phenoxy) is 1. The van der Waals surface area contributed by atoms with Crippen molar-refractivity contribution in [2.24, 2.45) is 0 Å². The van der Waals surface area contributed by atoms with Crippen LogP contribution in [-0.4, -0.2) is 32.6 Å². The zero-order valence-electron chi connectivity index (χ0n) is 11.0. The number of carboxylic acid groups (broad SMARTS) is 1. The van der Waals surface area contributed by atoms with E-state index in [0.29, 0.717) is 5.75 Å². The summed E-state index contributed by atoms with van der Waals surface area (Å²) in [6.07, 6.45) is -0.383. The summed E-state index contributed by atoms with van der Waals surface area (Å²) in [4.78, 5) is 10.8. The number of hydrogen-bond acceptors (Lipinski definition) is 4. The lowest BCUT2D eigenvalue weighted by Gasteiger charge is -2.13. The number of sulfonamides is 1. The molecule has 6 nitrogen and oxygen atoms in total. The summed E-state index contributed by atoms with van der Waals surface area (Å²) >= 11 is 0. The van der Waals surface area contributed by atoms with Gasteiger partial charge in [0.05, 0.1) is 18.4 Å². The van der Waals surface area contributed by atoms with Gasteiger partial charge in [-0.2, -0.15) is 0 Å². The number of hydrogen-bond donors (Lipinski definition) is 2. The van der Waals surface area contributed by atoms with Crippen molar-refractivity contribution < 1.29 is 23.1 Å². The van der Waals surface area contributed by atoms with Crippen LogP contribution in [0.15, 0.2) is 23.1 Å². The third-order valence-corrected chi connectivity index (χ3v) is 4.05. The fourth-order valence-electron chi connectivity index (χ4n) is 1.62. The van der Waals surface area contributed by atoms with Crippen LogP contribution in [0.4, 0.5) is 0 Å². The molecule has 0 aliphatic heterocycles. The predicted octanol–water partition coefficient (Wildman–Crippen LogP) is 1.01. The molecule has 0 unspecified atom stereocenters. The Morgan fingerprint density at radius 3 is 2.53 bits per heavy atom. The quantitative estimate of drug-likeness (QED) is 0.814. The summed E-state index contributed by atoms with van der Waals surface area (Å²) in [5.41, 5.74) is 0.194. The van der Waals surface area contributed by atoms with E-state index in [-0.39, 0.29) is 22.9 Å². The van der Waals surface area contributed by atoms with E-state index < -0.39 is 16.0 Å². The molecule has 0 aliphatic rings. The summed E-state index contributed by atoms with van der Waals surface area (Å²) in [5, 5.41) is 8.85. The predicted molar refractivity (Wildman–Crippen MR) is 69.8 cm³/mol. The van der Waals surface area contributed by atoms with Crippen molar-refractivity contribution in [1.29, 1.82) is 0 Å². The topological polar surface area (TPSA) is 92.7 Å². The van der Waals surface area contributed by atoms with Crippen LogP contribution in [-0.2, 0) is 21.2 Å². The molecule has 1 aromatic rings. The first-order valence-electron chi connectivity index (χ1n) is 5.67. The second kappa shape index (κ2) is 6.03. The van der Waals surface area contributed by atoms with Gasteiger partial charge in [0.25, 0.3) is 0 Å². The Kier molecular flexibility index (Phi) is 4.90. The van der Waals surface area contributed by atoms with Gasteiger partial charge >= 0.3 is 5.97 Å². The zero-order chi connectivity index (χ0) is 14.6. The van der Waals surface area contributed by atoms with E-state index in [4.69, 9.17) is 9.84 Å². The lowest BCUT2D eigenvalue weighted by molar-refractivity contribution is -0.136. The minimum atomic E-state index is -3.73. The number of carbonyl (C=O) groups is 1. The maximum atomic E-state index is 12.1. The molecule has 0 radical (unpaired) electrons. The first-order valence-corrected chi connectivity index (χ1v) is 7.15. The molecule has 0 saturated heterocycles. The van der Waals surface area contributed by atoms with E-state index in [1.807, 2.05) is 0 Å². The van der Waals surface area contributed by atoms with Crippen molar-refractivity contribution >= 4 is 16.0 Å². The molecule has 0 atom stereocenters. The van der Waals surface area contributed by atoms with Crippen LogP contribution >= 0.6 is 0 Å². The van der Waals surface area contributed by atoms with Gasteiger partial charge in [-0.25, -0.2) is 13.1 Å². The van der Waals surface area contributed by atoms with Gasteiger partial charge in [0, 0.05) is 6.04 Å². The molecule has 0 spiro atoms. The Morgan fingerprint density at radius 2 is 2.05 bits per heavy atom. The van der Waals surface area contributed by atoms with Gasteiger partial charge in [-0.1, -0.05) is 0 Å². The van der Waals surface area contributed by atoms with Crippen molar-refractivity contribution in [2.75, 3.05) is 7.11 Å². The summed E-state index contributed by atoms with van der Waals surface area (Å²) in [6, 6.07) is 3.98. The van der Waals surface area contributed by atoms with Gasteiger partial charge in [-0.3, -0.25) is 4.79 Å². The SMILES string of the molecule is COc1ccc(S(=O)(=O)NC(C)C)c(CC(=O)O)c1. The van der Waals surface area contributed by atoms with Crippen molar-refractivity contribution in [3.8, 4) is 5.75 Å². The summed E-state index contributed by atoms with van der Waals surface area (Å²) in [5.74, 6) is -0.686. The highest BCUT2D eigenvalue weighted by atomic mass is 32.2. The Hall–Kier alpha value is -1.60. The fraction of sp³-hybridized carbons (Fsp3) is 0.417. The Bertz CT molecular complexity index is 565. The molecule has 0 fully saturated rings. The molecule has 19 heavy (non-hydrogen) atoms. The standard InChI is InChI=1S/C12H17NO5S/c1-8(2)13-19(16,17)11-5-4-10(18-3)6-9(11)7-12(14)15/h4-6,8,13H,7H2,1-3H3,(H,14,15). The highest BCUT2D eigenvalue weighted by molar-refractivity contribution is 7.89. The number of rotatable bonds is 6. The lowest BCUT2D eigenvalue weighted by Crippen LogP contribution is -2.31. The van der Waals surface area contributed by atoms with E-state index in [1.54, 1.807) is 13.8 Å². The smallest absolute Gasteiger partial charge is 0.307 e. The number of benzene rings is 1. The highest BCUT2D eigenvalue weighted by Gasteiger charge is 2.21. The van der Waals surface area contributed by atoms with E-state index in [0.717, 1.165) is 0 Å². The largest absolute Gasteiger partial charge is 0.497 e. The average Bonchev–Trinajstić information content (AvgIpc) is 2.25. The minimum Gasteiger partial charge on any atom is -0.497 e. The van der Waals surface area contributed by atoms with E-state index >= 15 is 0 Å². The van der Waals surface area contributed by atoms with Crippen LogP contribution in [0, 0.1) is 0 Å². The molecule has 0 amide bonds. The molecule has 1 rings (SSSR count). The molecule has 0 aliphatic carbocycles. The van der Waals surface area contributed by atoms with Crippen LogP contribution in [0.2, 0.25) is 0 Å². The summed E-state index contributed by atoms with van der Waals surface area (Å²) in [6.45, 7) is 3.38. The molecular formula is C12H17NO5S. The molecular weight excluding hydrogens is 270 g/mol. The molecule has 1 aromatic carbocycles. The van der Waals surface area contributed by atoms with Crippen LogP contribution in [0.25, 0.3) is 0 Å². The van der Waals surface area contributed by atoms with Crippen LogP contribution in [0.3, 0.4) is 0 Å². The highest BCUT2D eigenvalue weighted by Crippen LogP contribution is 2.22. The van der Waals surface area contributed by atoms with Crippen molar-refractivity contribution in [2.45, 2.75) is 31.2 Å². The second-order valence-corrected chi connectivity index (χ2v) is 6.00. The molecule has 0 aromatic heterocycles. The van der Waals surface area contributed by atoms with Gasteiger partial charge in [0.2, 0.25) is 10.0 Å². The Labute approximate surface area is 112 Å². The third kappa shape index (κ3) is 4.22. The fourth-order valence-corrected chi connectivity index (χ4v) is 3.09. The zero-order valence-corrected chi connectivity index (χ0v) is 11.8. The van der Waals surface area contributed by atoms with Crippen molar-refractivity contribution in [3.05, 3.63) is 23.8 Å². The van der Waals surface area contributed by atoms with Crippen molar-refractivity contribution in [3.63, 3.8) is 0 Å². The van der Waals surface area contributed by atoms with Gasteiger partial charge < -0.3 is 9.84 Å². The normalized spacial score (nSPS) is 11.6. The van der Waals surface area contributed by atoms with Gasteiger partial charge in [-0.05, 0) is 37.6 Å². The number of aliphatic carboxylic acids is 1. The van der Waals surface area contributed by atoms with Gasteiger partial charge in [0.15, 0.2) is 0 Å². The van der Waals surface area contributed by atoms with Gasteiger partial charge in [0.1, 0.15) is 5.75 Å². The number of nitrogens with one attached hydrogen (secondary N) is 1. The second-order valence-electron chi connectivity index (χ2n) is 4.32. The van der Waals surface area contributed by atoms with E-state index in [1.165, 1.54) is 25.3 Å². The molecule has 0 saturated carbocycles.